The fourth-order valence-electron chi connectivity index (χ4n) is 5.30. The van der Waals surface area contributed by atoms with Gasteiger partial charge in [0.05, 0.1) is 21.3 Å². The summed E-state index contributed by atoms with van der Waals surface area (Å²) in [7, 11) is 4.29. The zero-order valence-electron chi connectivity index (χ0n) is 22.8. The molecule has 0 amide bonds. The summed E-state index contributed by atoms with van der Waals surface area (Å²) in [5, 5.41) is 33.2. The highest BCUT2D eigenvalue weighted by atomic mass is 16.5. The Labute approximate surface area is 237 Å². The minimum Gasteiger partial charge on any atom is -0.507 e. The Balaban J connectivity index is 1.72. The first kappa shape index (κ1) is 27.5. The van der Waals surface area contributed by atoms with Crippen molar-refractivity contribution in [1.29, 1.82) is 0 Å². The number of ketones is 1. The van der Waals surface area contributed by atoms with Crippen molar-refractivity contribution in [1.82, 2.24) is 0 Å². The van der Waals surface area contributed by atoms with E-state index >= 15 is 0 Å². The molecule has 0 saturated heterocycles. The van der Waals surface area contributed by atoms with Crippen LogP contribution in [0.3, 0.4) is 0 Å². The van der Waals surface area contributed by atoms with Crippen LogP contribution in [0, 0.1) is 0 Å². The molecule has 1 aliphatic rings. The number of ether oxygens (including phenoxy) is 4. The van der Waals surface area contributed by atoms with Crippen molar-refractivity contribution in [2.75, 3.05) is 21.3 Å². The van der Waals surface area contributed by atoms with Crippen molar-refractivity contribution in [2.24, 2.45) is 0 Å². The van der Waals surface area contributed by atoms with Gasteiger partial charge in [-0.2, -0.15) is 0 Å². The Kier molecular flexibility index (Phi) is 7.74. The zero-order valence-corrected chi connectivity index (χ0v) is 22.8. The summed E-state index contributed by atoms with van der Waals surface area (Å²) >= 11 is 0. The Hall–Kier alpha value is -5.11. The molecular formula is C33H30O8. The Morgan fingerprint density at radius 3 is 2.07 bits per heavy atom. The van der Waals surface area contributed by atoms with Crippen LogP contribution in [0.25, 0.3) is 6.08 Å². The molecule has 2 atom stereocenters. The van der Waals surface area contributed by atoms with Gasteiger partial charge in [0.1, 0.15) is 34.7 Å². The third kappa shape index (κ3) is 5.12. The number of aromatic hydroxyl groups is 3. The molecule has 2 unspecified atom stereocenters. The van der Waals surface area contributed by atoms with E-state index in [1.807, 2.05) is 60.7 Å². The van der Waals surface area contributed by atoms with Gasteiger partial charge in [-0.25, -0.2) is 0 Å². The van der Waals surface area contributed by atoms with E-state index in [-0.39, 0.29) is 34.1 Å². The lowest BCUT2D eigenvalue weighted by molar-refractivity contribution is 0.104. The first-order chi connectivity index (χ1) is 19.9. The van der Waals surface area contributed by atoms with Crippen LogP contribution in [-0.2, 0) is 0 Å². The van der Waals surface area contributed by atoms with Gasteiger partial charge in [0, 0.05) is 35.6 Å². The largest absolute Gasteiger partial charge is 0.507 e. The lowest BCUT2D eigenvalue weighted by Crippen LogP contribution is -2.22. The zero-order chi connectivity index (χ0) is 29.1. The fraction of sp³-hybridized carbons (Fsp3) is 0.182. The van der Waals surface area contributed by atoms with Crippen LogP contribution < -0.4 is 18.9 Å². The van der Waals surface area contributed by atoms with Gasteiger partial charge in [0.15, 0.2) is 17.3 Å². The molecule has 0 spiro atoms. The monoisotopic (exact) mass is 554 g/mol. The van der Waals surface area contributed by atoms with Crippen molar-refractivity contribution in [3.05, 3.63) is 107 Å². The summed E-state index contributed by atoms with van der Waals surface area (Å²) < 4.78 is 23.2. The maximum Gasteiger partial charge on any atom is 0.203 e. The van der Waals surface area contributed by atoms with E-state index in [1.54, 1.807) is 6.08 Å². The lowest BCUT2D eigenvalue weighted by atomic mass is 9.80. The summed E-state index contributed by atoms with van der Waals surface area (Å²) in [6.07, 6.45) is 2.69. The maximum absolute atomic E-state index is 13.3. The lowest BCUT2D eigenvalue weighted by Gasteiger charge is -2.35. The predicted molar refractivity (Wildman–Crippen MR) is 154 cm³/mol. The van der Waals surface area contributed by atoms with E-state index in [0.717, 1.165) is 11.1 Å². The summed E-state index contributed by atoms with van der Waals surface area (Å²) in [5.74, 6) is -1.48. The minimum absolute atomic E-state index is 0.103. The molecule has 0 fully saturated rings. The normalized spacial score (nSPS) is 16.1. The van der Waals surface area contributed by atoms with E-state index in [0.29, 0.717) is 17.7 Å². The van der Waals surface area contributed by atoms with Gasteiger partial charge in [-0.15, -0.1) is 0 Å². The predicted octanol–water partition coefficient (Wildman–Crippen LogP) is 6.38. The smallest absolute Gasteiger partial charge is 0.203 e. The number of benzene rings is 4. The topological polar surface area (TPSA) is 115 Å². The Morgan fingerprint density at radius 2 is 1.44 bits per heavy atom. The summed E-state index contributed by atoms with van der Waals surface area (Å²) in [5.41, 5.74) is 2.13. The van der Waals surface area contributed by atoms with Gasteiger partial charge in [0.2, 0.25) is 5.75 Å². The number of carbonyl (C=O) groups is 1. The van der Waals surface area contributed by atoms with Crippen molar-refractivity contribution in [3.8, 4) is 40.2 Å². The maximum atomic E-state index is 13.3. The van der Waals surface area contributed by atoms with Gasteiger partial charge < -0.3 is 34.3 Å². The summed E-state index contributed by atoms with van der Waals surface area (Å²) in [6, 6.07) is 21.4. The number of fused-ring (bicyclic) bond motifs is 1. The van der Waals surface area contributed by atoms with Gasteiger partial charge >= 0.3 is 0 Å². The number of carbonyl (C=O) groups excluding carboxylic acids is 1. The van der Waals surface area contributed by atoms with Gasteiger partial charge in [-0.05, 0) is 17.2 Å². The fourth-order valence-corrected chi connectivity index (χ4v) is 5.30. The first-order valence-electron chi connectivity index (χ1n) is 13.0. The van der Waals surface area contributed by atoms with Crippen LogP contribution in [0.4, 0.5) is 0 Å². The molecule has 4 aromatic rings. The Bertz CT molecular complexity index is 1600. The molecule has 41 heavy (non-hydrogen) atoms. The number of hydrogen-bond acceptors (Lipinski definition) is 8. The second kappa shape index (κ2) is 11.6. The van der Waals surface area contributed by atoms with E-state index in [9.17, 15) is 20.1 Å². The number of phenols is 3. The van der Waals surface area contributed by atoms with E-state index in [2.05, 4.69) is 0 Å². The van der Waals surface area contributed by atoms with Crippen LogP contribution in [0.1, 0.15) is 51.1 Å². The van der Waals surface area contributed by atoms with E-state index < -0.39 is 29.3 Å². The number of rotatable bonds is 8. The number of methoxy groups -OCH3 is 3. The van der Waals surface area contributed by atoms with Gasteiger partial charge in [0.25, 0.3) is 0 Å². The highest BCUT2D eigenvalue weighted by Gasteiger charge is 2.40. The van der Waals surface area contributed by atoms with Gasteiger partial charge in [-0.3, -0.25) is 4.79 Å². The molecule has 3 N–H and O–H groups in total. The minimum atomic E-state index is -0.659. The van der Waals surface area contributed by atoms with E-state index in [1.165, 1.54) is 39.5 Å². The molecule has 1 heterocycles. The average Bonchev–Trinajstić information content (AvgIpc) is 2.99. The molecule has 0 bridgehead atoms. The SMILES string of the molecule is COc1cc(O)c(C(=O)C=Cc2ccccc2)c(O)c1C1CC(c2ccccc2)Oc2c(OC)c(O)cc(OC)c21. The number of phenolic OH excluding ortho intramolecular Hbond substituents is 3. The summed E-state index contributed by atoms with van der Waals surface area (Å²) in [4.78, 5) is 13.3. The Morgan fingerprint density at radius 1 is 0.829 bits per heavy atom. The molecule has 0 aliphatic carbocycles. The van der Waals surface area contributed by atoms with Crippen LogP contribution >= 0.6 is 0 Å². The third-order valence-corrected chi connectivity index (χ3v) is 7.19. The van der Waals surface area contributed by atoms with Crippen LogP contribution in [0.15, 0.2) is 78.9 Å². The number of allylic oxidation sites excluding steroid dienone is 1. The van der Waals surface area contributed by atoms with Crippen LogP contribution in [0.2, 0.25) is 0 Å². The molecule has 8 heteroatoms. The van der Waals surface area contributed by atoms with Crippen molar-refractivity contribution >= 4 is 11.9 Å². The average molecular weight is 555 g/mol. The molecule has 4 aromatic carbocycles. The molecule has 210 valence electrons. The standard InChI is InChI=1S/C33H30O8/c1-38-26-17-23(35)30(22(34)15-14-19-10-6-4-7-11-19)31(37)28(26)21-16-25(20-12-8-5-9-13-20)41-33-29(21)27(39-2)18-24(36)32(33)40-3/h4-15,17-18,21,25,35-37H,16H2,1-3H3. The number of hydrogen-bond donors (Lipinski definition) is 3. The van der Waals surface area contributed by atoms with Crippen LogP contribution in [0.5, 0.6) is 40.2 Å². The highest BCUT2D eigenvalue weighted by Crippen LogP contribution is 2.58. The third-order valence-electron chi connectivity index (χ3n) is 7.19. The molecular weight excluding hydrogens is 524 g/mol. The highest BCUT2D eigenvalue weighted by molar-refractivity contribution is 6.11. The molecule has 8 nitrogen and oxygen atoms in total. The van der Waals surface area contributed by atoms with Crippen LogP contribution in [-0.4, -0.2) is 42.4 Å². The quantitative estimate of drug-likeness (QED) is 0.170. The van der Waals surface area contributed by atoms with Crippen molar-refractivity contribution in [3.63, 3.8) is 0 Å². The van der Waals surface area contributed by atoms with Crippen molar-refractivity contribution in [2.45, 2.75) is 18.4 Å². The molecule has 0 radical (unpaired) electrons. The van der Waals surface area contributed by atoms with E-state index in [4.69, 9.17) is 18.9 Å². The summed E-state index contributed by atoms with van der Waals surface area (Å²) in [6.45, 7) is 0. The molecule has 0 saturated carbocycles. The molecule has 0 aromatic heterocycles. The first-order valence-corrected chi connectivity index (χ1v) is 13.0. The molecule has 1 aliphatic heterocycles. The second-order valence-corrected chi connectivity index (χ2v) is 9.52. The second-order valence-electron chi connectivity index (χ2n) is 9.52. The van der Waals surface area contributed by atoms with Crippen molar-refractivity contribution < 1.29 is 39.1 Å². The van der Waals surface area contributed by atoms with Gasteiger partial charge in [-0.1, -0.05) is 66.7 Å². The molecule has 5 rings (SSSR count).